The van der Waals surface area contributed by atoms with Gasteiger partial charge in [0.25, 0.3) is 0 Å². The van der Waals surface area contributed by atoms with Gasteiger partial charge in [0, 0.05) is 17.5 Å². The standard InChI is InChI=1S/C30H26ClN5O2/c1-18-6-7-19(16-32)14-25(18)36-27-23-15-21(20-8-11-22(31)12-9-20)10-13-24(23)33-17-26(27)35(5)28(36)34-29(37)38-30(2,3)4/h6-15,17H,1-5H3/b34-28+. The normalized spacial score (nSPS) is 12.2. The molecule has 0 aliphatic heterocycles. The maximum atomic E-state index is 12.9. The van der Waals surface area contributed by atoms with Crippen LogP contribution in [0.2, 0.25) is 5.02 Å². The molecule has 0 atom stereocenters. The van der Waals surface area contributed by atoms with Crippen molar-refractivity contribution in [3.63, 3.8) is 0 Å². The maximum Gasteiger partial charge on any atom is 0.437 e. The Morgan fingerprint density at radius 1 is 1.05 bits per heavy atom. The Hall–Kier alpha value is -4.41. The lowest BCUT2D eigenvalue weighted by molar-refractivity contribution is 0.0594. The maximum absolute atomic E-state index is 12.9. The summed E-state index contributed by atoms with van der Waals surface area (Å²) >= 11 is 6.11. The SMILES string of the molecule is Cc1ccc(C#N)cc1-n1/c(=N/C(=O)OC(C)(C)C)n(C)c2cnc3ccc(-c4ccc(Cl)cc4)cc3c21. The zero-order valence-corrected chi connectivity index (χ0v) is 22.5. The number of aryl methyl sites for hydroxylation is 2. The van der Waals surface area contributed by atoms with Gasteiger partial charge in [-0.25, -0.2) is 4.79 Å². The van der Waals surface area contributed by atoms with Crippen molar-refractivity contribution in [1.29, 1.82) is 5.26 Å². The molecule has 2 heterocycles. The predicted molar refractivity (Wildman–Crippen MR) is 149 cm³/mol. The molecule has 0 aliphatic rings. The van der Waals surface area contributed by atoms with Crippen molar-refractivity contribution in [1.82, 2.24) is 14.1 Å². The second kappa shape index (κ2) is 9.47. The summed E-state index contributed by atoms with van der Waals surface area (Å²) in [5.74, 6) is 0. The van der Waals surface area contributed by atoms with Crippen molar-refractivity contribution < 1.29 is 9.53 Å². The average molecular weight is 524 g/mol. The van der Waals surface area contributed by atoms with Gasteiger partial charge < -0.3 is 9.30 Å². The zero-order valence-electron chi connectivity index (χ0n) is 21.8. The number of carbonyl (C=O) groups is 1. The third-order valence-electron chi connectivity index (χ3n) is 6.25. The monoisotopic (exact) mass is 523 g/mol. The second-order valence-corrected chi connectivity index (χ2v) is 10.6. The largest absolute Gasteiger partial charge is 0.442 e. The number of amides is 1. The van der Waals surface area contributed by atoms with E-state index >= 15 is 0 Å². The van der Waals surface area contributed by atoms with E-state index in [1.807, 2.05) is 65.6 Å². The molecular weight excluding hydrogens is 498 g/mol. The Labute approximate surface area is 225 Å². The van der Waals surface area contributed by atoms with Crippen LogP contribution in [0.15, 0.2) is 71.9 Å². The van der Waals surface area contributed by atoms with Crippen molar-refractivity contribution in [2.45, 2.75) is 33.3 Å². The Morgan fingerprint density at radius 3 is 2.45 bits per heavy atom. The van der Waals surface area contributed by atoms with E-state index in [0.29, 0.717) is 16.2 Å². The molecule has 8 heteroatoms. The molecule has 0 unspecified atom stereocenters. The third kappa shape index (κ3) is 4.67. The van der Waals surface area contributed by atoms with E-state index in [1.165, 1.54) is 0 Å². The van der Waals surface area contributed by atoms with Crippen molar-refractivity contribution in [2.24, 2.45) is 12.0 Å². The van der Waals surface area contributed by atoms with E-state index < -0.39 is 11.7 Å². The Morgan fingerprint density at radius 2 is 1.76 bits per heavy atom. The molecule has 190 valence electrons. The molecule has 5 aromatic rings. The van der Waals surface area contributed by atoms with E-state index in [0.717, 1.165) is 44.3 Å². The summed E-state index contributed by atoms with van der Waals surface area (Å²) in [5.41, 5.74) is 6.19. The van der Waals surface area contributed by atoms with Crippen LogP contribution in [0.3, 0.4) is 0 Å². The minimum atomic E-state index is -0.703. The molecule has 0 fully saturated rings. The van der Waals surface area contributed by atoms with Crippen LogP contribution >= 0.6 is 11.6 Å². The van der Waals surface area contributed by atoms with E-state index in [1.54, 1.807) is 39.1 Å². The number of hydrogen-bond acceptors (Lipinski definition) is 4. The molecule has 0 bridgehead atoms. The summed E-state index contributed by atoms with van der Waals surface area (Å²) in [6.45, 7) is 7.35. The van der Waals surface area contributed by atoms with Crippen LogP contribution in [-0.4, -0.2) is 25.8 Å². The minimum Gasteiger partial charge on any atom is -0.442 e. The molecule has 7 nitrogen and oxygen atoms in total. The molecule has 0 radical (unpaired) electrons. The summed E-state index contributed by atoms with van der Waals surface area (Å²) in [6, 6.07) is 21.4. The lowest BCUT2D eigenvalue weighted by Gasteiger charge is -2.17. The smallest absolute Gasteiger partial charge is 0.437 e. The minimum absolute atomic E-state index is 0.360. The summed E-state index contributed by atoms with van der Waals surface area (Å²) in [7, 11) is 1.84. The molecule has 38 heavy (non-hydrogen) atoms. The molecule has 0 saturated carbocycles. The molecular formula is C30H26ClN5O2. The lowest BCUT2D eigenvalue weighted by atomic mass is 10.0. The quantitative estimate of drug-likeness (QED) is 0.253. The van der Waals surface area contributed by atoms with Gasteiger partial charge in [-0.2, -0.15) is 5.26 Å². The highest BCUT2D eigenvalue weighted by Gasteiger charge is 2.20. The number of nitriles is 1. The first-order valence-electron chi connectivity index (χ1n) is 12.1. The Kier molecular flexibility index (Phi) is 6.29. The fraction of sp³-hybridized carbons (Fsp3) is 0.200. The van der Waals surface area contributed by atoms with Gasteiger partial charge in [0.15, 0.2) is 0 Å². The Bertz CT molecular complexity index is 1830. The Balaban J connectivity index is 1.91. The first-order chi connectivity index (χ1) is 18.1. The first-order valence-corrected chi connectivity index (χ1v) is 12.5. The highest BCUT2D eigenvalue weighted by atomic mass is 35.5. The van der Waals surface area contributed by atoms with E-state index in [9.17, 15) is 10.1 Å². The number of aromatic nitrogens is 3. The van der Waals surface area contributed by atoms with Gasteiger partial charge in [0.05, 0.1) is 40.1 Å². The predicted octanol–water partition coefficient (Wildman–Crippen LogP) is 6.85. The molecule has 3 aromatic carbocycles. The number of carbonyl (C=O) groups excluding carboxylic acids is 1. The van der Waals surface area contributed by atoms with E-state index in [4.69, 9.17) is 21.3 Å². The molecule has 1 amide bonds. The van der Waals surface area contributed by atoms with Gasteiger partial charge >= 0.3 is 6.09 Å². The van der Waals surface area contributed by atoms with Gasteiger partial charge in [-0.1, -0.05) is 35.9 Å². The van der Waals surface area contributed by atoms with Crippen LogP contribution < -0.4 is 5.62 Å². The van der Waals surface area contributed by atoms with Crippen LogP contribution in [0.4, 0.5) is 4.79 Å². The summed E-state index contributed by atoms with van der Waals surface area (Å²) in [5, 5.41) is 11.2. The first kappa shape index (κ1) is 25.2. The number of fused-ring (bicyclic) bond motifs is 3. The fourth-order valence-corrected chi connectivity index (χ4v) is 4.59. The number of ether oxygens (including phenoxy) is 1. The number of hydrogen-bond donors (Lipinski definition) is 0. The number of rotatable bonds is 2. The number of halogens is 1. The number of pyridine rings is 1. The van der Waals surface area contributed by atoms with Crippen LogP contribution in [0.5, 0.6) is 0 Å². The van der Waals surface area contributed by atoms with Crippen LogP contribution in [0.25, 0.3) is 38.8 Å². The van der Waals surface area contributed by atoms with Crippen LogP contribution in [-0.2, 0) is 11.8 Å². The van der Waals surface area contributed by atoms with Gasteiger partial charge in [-0.15, -0.1) is 4.99 Å². The van der Waals surface area contributed by atoms with Gasteiger partial charge in [-0.05, 0) is 80.8 Å². The number of nitrogens with zero attached hydrogens (tertiary/aromatic N) is 5. The third-order valence-corrected chi connectivity index (χ3v) is 6.50. The molecule has 0 spiro atoms. The van der Waals surface area contributed by atoms with Crippen molar-refractivity contribution in [3.05, 3.63) is 88.6 Å². The highest BCUT2D eigenvalue weighted by molar-refractivity contribution is 6.30. The number of benzene rings is 3. The topological polar surface area (TPSA) is 85.2 Å². The molecule has 5 rings (SSSR count). The molecule has 0 saturated heterocycles. The van der Waals surface area contributed by atoms with E-state index in [-0.39, 0.29) is 0 Å². The number of imidazole rings is 1. The summed E-state index contributed by atoms with van der Waals surface area (Å²) < 4.78 is 9.25. The average Bonchev–Trinajstić information content (AvgIpc) is 3.15. The summed E-state index contributed by atoms with van der Waals surface area (Å²) in [6.07, 6.45) is 1.07. The van der Waals surface area contributed by atoms with Gasteiger partial charge in [0.1, 0.15) is 5.60 Å². The van der Waals surface area contributed by atoms with Crippen molar-refractivity contribution >= 4 is 39.6 Å². The fourth-order valence-electron chi connectivity index (χ4n) is 4.47. The van der Waals surface area contributed by atoms with Gasteiger partial charge in [0.2, 0.25) is 5.62 Å². The van der Waals surface area contributed by atoms with Gasteiger partial charge in [-0.3, -0.25) is 9.55 Å². The van der Waals surface area contributed by atoms with Crippen LogP contribution in [0.1, 0.15) is 31.9 Å². The second-order valence-electron chi connectivity index (χ2n) is 10.1. The summed E-state index contributed by atoms with van der Waals surface area (Å²) in [4.78, 5) is 22.0. The molecule has 0 N–H and O–H groups in total. The lowest BCUT2D eigenvalue weighted by Crippen LogP contribution is -2.28. The van der Waals surface area contributed by atoms with Crippen LogP contribution in [0, 0.1) is 18.3 Å². The molecule has 2 aromatic heterocycles. The highest BCUT2D eigenvalue weighted by Crippen LogP contribution is 2.31. The molecule has 0 aliphatic carbocycles. The zero-order chi connectivity index (χ0) is 27.2. The van der Waals surface area contributed by atoms with E-state index in [2.05, 4.69) is 17.1 Å². The van der Waals surface area contributed by atoms with Crippen molar-refractivity contribution in [3.8, 4) is 22.9 Å². The van der Waals surface area contributed by atoms with Crippen molar-refractivity contribution in [2.75, 3.05) is 0 Å².